The number of halogens is 1. The molecule has 0 saturated heterocycles. The first kappa shape index (κ1) is 20.3. The Morgan fingerprint density at radius 1 is 1.15 bits per heavy atom. The van der Waals surface area contributed by atoms with E-state index in [4.69, 9.17) is 16.3 Å². The van der Waals surface area contributed by atoms with Crippen molar-refractivity contribution < 1.29 is 17.9 Å². The summed E-state index contributed by atoms with van der Waals surface area (Å²) in [6.07, 6.45) is -0.0511. The Kier molecular flexibility index (Phi) is 6.67. The molecule has 0 saturated carbocycles. The lowest BCUT2D eigenvalue weighted by Gasteiger charge is -2.15. The molecule has 2 rings (SSSR count). The average molecular weight is 396 g/mol. The predicted molar refractivity (Wildman–Crippen MR) is 102 cm³/mol. The first-order chi connectivity index (χ1) is 12.2. The number of amides is 1. The summed E-state index contributed by atoms with van der Waals surface area (Å²) in [5.41, 5.74) is 1.46. The van der Waals surface area contributed by atoms with Crippen LogP contribution in [-0.2, 0) is 21.2 Å². The van der Waals surface area contributed by atoms with Crippen LogP contribution in [0.15, 0.2) is 47.4 Å². The Balaban J connectivity index is 2.19. The van der Waals surface area contributed by atoms with Gasteiger partial charge < -0.3 is 4.74 Å². The summed E-state index contributed by atoms with van der Waals surface area (Å²) >= 11 is 5.80. The molecule has 0 bridgehead atoms. The molecule has 0 aliphatic rings. The normalized spacial score (nSPS) is 11.4. The largest absolute Gasteiger partial charge is 0.494 e. The highest BCUT2D eigenvalue weighted by atomic mass is 35.5. The molecule has 0 atom stereocenters. The molecule has 7 heteroatoms. The van der Waals surface area contributed by atoms with E-state index in [9.17, 15) is 13.2 Å². The molecule has 0 heterocycles. The number of carbonyl (C=O) groups excluding carboxylic acids is 1. The van der Waals surface area contributed by atoms with Gasteiger partial charge in [-0.1, -0.05) is 37.6 Å². The summed E-state index contributed by atoms with van der Waals surface area (Å²) in [4.78, 5) is 12.2. The van der Waals surface area contributed by atoms with Crippen LogP contribution in [0.1, 0.15) is 37.8 Å². The molecule has 140 valence electrons. The highest BCUT2D eigenvalue weighted by molar-refractivity contribution is 7.90. The van der Waals surface area contributed by atoms with Crippen LogP contribution in [0.4, 0.5) is 0 Å². The maximum atomic E-state index is 12.5. The van der Waals surface area contributed by atoms with E-state index in [2.05, 4.69) is 4.72 Å². The van der Waals surface area contributed by atoms with Gasteiger partial charge in [0.2, 0.25) is 5.91 Å². The minimum Gasteiger partial charge on any atom is -0.494 e. The third-order valence-electron chi connectivity index (χ3n) is 3.74. The van der Waals surface area contributed by atoms with Crippen LogP contribution in [-0.4, -0.2) is 20.9 Å². The molecule has 0 aliphatic heterocycles. The van der Waals surface area contributed by atoms with Gasteiger partial charge in [0.1, 0.15) is 5.75 Å². The zero-order chi connectivity index (χ0) is 19.3. The van der Waals surface area contributed by atoms with Crippen molar-refractivity contribution in [3.05, 3.63) is 58.6 Å². The fourth-order valence-electron chi connectivity index (χ4n) is 2.46. The van der Waals surface area contributed by atoms with Gasteiger partial charge >= 0.3 is 0 Å². The topological polar surface area (TPSA) is 72.5 Å². The Morgan fingerprint density at radius 3 is 2.38 bits per heavy atom. The second kappa shape index (κ2) is 8.56. The first-order valence-corrected chi connectivity index (χ1v) is 10.2. The summed E-state index contributed by atoms with van der Waals surface area (Å²) in [6, 6.07) is 11.3. The second-order valence-corrected chi connectivity index (χ2v) is 8.24. The van der Waals surface area contributed by atoms with Crippen molar-refractivity contribution in [2.45, 2.75) is 38.0 Å². The highest BCUT2D eigenvalue weighted by Gasteiger charge is 2.20. The summed E-state index contributed by atoms with van der Waals surface area (Å²) in [5.74, 6) is 0.123. The van der Waals surface area contributed by atoms with Gasteiger partial charge in [-0.05, 0) is 54.3 Å². The zero-order valence-electron chi connectivity index (χ0n) is 15.0. The maximum absolute atomic E-state index is 12.5. The Morgan fingerprint density at radius 2 is 1.81 bits per heavy atom. The van der Waals surface area contributed by atoms with Crippen molar-refractivity contribution in [2.24, 2.45) is 0 Å². The van der Waals surface area contributed by atoms with Crippen LogP contribution in [0, 0.1) is 0 Å². The maximum Gasteiger partial charge on any atom is 0.264 e. The summed E-state index contributed by atoms with van der Waals surface area (Å²) < 4.78 is 32.7. The molecule has 0 aromatic heterocycles. The van der Waals surface area contributed by atoms with E-state index in [1.165, 1.54) is 6.07 Å². The number of sulfonamides is 1. The molecular formula is C19H22ClNO4S. The van der Waals surface area contributed by atoms with Crippen molar-refractivity contribution in [1.29, 1.82) is 0 Å². The lowest BCUT2D eigenvalue weighted by molar-refractivity contribution is -0.118. The molecular weight excluding hydrogens is 374 g/mol. The molecule has 0 unspecified atom stereocenters. The minimum atomic E-state index is -3.96. The SMILES string of the molecule is CCOc1ccc(S(=O)(=O)NC(=O)Cc2ccc(Cl)cc2)cc1C(C)C. The summed E-state index contributed by atoms with van der Waals surface area (Å²) in [5, 5.41) is 0.553. The molecule has 2 aromatic carbocycles. The number of ether oxygens (including phenoxy) is 1. The van der Waals surface area contributed by atoms with Gasteiger partial charge in [0.05, 0.1) is 17.9 Å². The summed E-state index contributed by atoms with van der Waals surface area (Å²) in [7, 11) is -3.96. The molecule has 1 N–H and O–H groups in total. The third kappa shape index (κ3) is 5.22. The smallest absolute Gasteiger partial charge is 0.264 e. The molecule has 26 heavy (non-hydrogen) atoms. The van der Waals surface area contributed by atoms with E-state index < -0.39 is 15.9 Å². The average Bonchev–Trinajstić information content (AvgIpc) is 2.56. The van der Waals surface area contributed by atoms with Gasteiger partial charge in [-0.15, -0.1) is 0 Å². The molecule has 2 aromatic rings. The molecule has 5 nitrogen and oxygen atoms in total. The Bertz CT molecular complexity index is 877. The van der Waals surface area contributed by atoms with Crippen LogP contribution in [0.25, 0.3) is 0 Å². The number of nitrogens with one attached hydrogen (secondary N) is 1. The number of benzene rings is 2. The lowest BCUT2D eigenvalue weighted by Crippen LogP contribution is -2.31. The van der Waals surface area contributed by atoms with Crippen LogP contribution in [0.5, 0.6) is 5.75 Å². The van der Waals surface area contributed by atoms with E-state index >= 15 is 0 Å². The number of hydrogen-bond acceptors (Lipinski definition) is 4. The fraction of sp³-hybridized carbons (Fsp3) is 0.316. The number of hydrogen-bond donors (Lipinski definition) is 1. The number of carbonyl (C=O) groups is 1. The van der Waals surface area contributed by atoms with Gasteiger partial charge in [0.25, 0.3) is 10.0 Å². The van der Waals surface area contributed by atoms with Crippen LogP contribution in [0.2, 0.25) is 5.02 Å². The van der Waals surface area contributed by atoms with Gasteiger partial charge in [-0.25, -0.2) is 13.1 Å². The predicted octanol–water partition coefficient (Wildman–Crippen LogP) is 3.91. The van der Waals surface area contributed by atoms with Gasteiger partial charge in [0, 0.05) is 5.02 Å². The van der Waals surface area contributed by atoms with Crippen LogP contribution < -0.4 is 9.46 Å². The highest BCUT2D eigenvalue weighted by Crippen LogP contribution is 2.29. The molecule has 0 fully saturated rings. The van der Waals surface area contributed by atoms with Crippen molar-refractivity contribution in [2.75, 3.05) is 6.61 Å². The van der Waals surface area contributed by atoms with Gasteiger partial charge in [-0.3, -0.25) is 4.79 Å². The molecule has 1 amide bonds. The molecule has 0 spiro atoms. The third-order valence-corrected chi connectivity index (χ3v) is 5.36. The van der Waals surface area contributed by atoms with Gasteiger partial charge in [0.15, 0.2) is 0 Å². The second-order valence-electron chi connectivity index (χ2n) is 6.12. The van der Waals surface area contributed by atoms with Crippen molar-refractivity contribution in [3.8, 4) is 5.75 Å². The van der Waals surface area contributed by atoms with E-state index in [1.807, 2.05) is 20.8 Å². The zero-order valence-corrected chi connectivity index (χ0v) is 16.5. The van der Waals surface area contributed by atoms with E-state index in [0.29, 0.717) is 22.9 Å². The minimum absolute atomic E-state index is 0.0362. The Hall–Kier alpha value is -2.05. The first-order valence-electron chi connectivity index (χ1n) is 8.29. The monoisotopic (exact) mass is 395 g/mol. The van der Waals surface area contributed by atoms with Crippen molar-refractivity contribution >= 4 is 27.5 Å². The number of rotatable bonds is 7. The quantitative estimate of drug-likeness (QED) is 0.771. The standard InChI is InChI=1S/C19H22ClNO4S/c1-4-25-18-10-9-16(12-17(18)13(2)3)26(23,24)21-19(22)11-14-5-7-15(20)8-6-14/h5-10,12-13H,4,11H2,1-3H3,(H,21,22). The van der Waals surface area contributed by atoms with Crippen LogP contribution >= 0.6 is 11.6 Å². The lowest BCUT2D eigenvalue weighted by atomic mass is 10.0. The molecule has 0 aliphatic carbocycles. The van der Waals surface area contributed by atoms with Crippen molar-refractivity contribution in [3.63, 3.8) is 0 Å². The Labute approximate surface area is 159 Å². The molecule has 0 radical (unpaired) electrons. The fourth-order valence-corrected chi connectivity index (χ4v) is 3.61. The van der Waals surface area contributed by atoms with E-state index in [-0.39, 0.29) is 17.2 Å². The van der Waals surface area contributed by atoms with Crippen LogP contribution in [0.3, 0.4) is 0 Å². The summed E-state index contributed by atoms with van der Waals surface area (Å²) in [6.45, 7) is 6.26. The van der Waals surface area contributed by atoms with E-state index in [1.54, 1.807) is 36.4 Å². The van der Waals surface area contributed by atoms with Crippen molar-refractivity contribution in [1.82, 2.24) is 4.72 Å². The van der Waals surface area contributed by atoms with Gasteiger partial charge in [-0.2, -0.15) is 0 Å². The van der Waals surface area contributed by atoms with E-state index in [0.717, 1.165) is 5.56 Å².